The summed E-state index contributed by atoms with van der Waals surface area (Å²) in [6, 6.07) is 7.22. The molecule has 1 aliphatic heterocycles. The van der Waals surface area contributed by atoms with Crippen LogP contribution in [-0.4, -0.2) is 24.8 Å². The Bertz CT molecular complexity index is 412. The molecule has 0 saturated carbocycles. The number of carbonyl (C=O) groups is 1. The summed E-state index contributed by atoms with van der Waals surface area (Å²) in [5.41, 5.74) is 9.37. The van der Waals surface area contributed by atoms with Crippen molar-refractivity contribution in [2.45, 2.75) is 19.1 Å². The third-order valence-electron chi connectivity index (χ3n) is 2.50. The molecule has 0 radical (unpaired) electrons. The summed E-state index contributed by atoms with van der Waals surface area (Å²) >= 11 is 3.37. The minimum Gasteiger partial charge on any atom is -0.465 e. The summed E-state index contributed by atoms with van der Waals surface area (Å²) in [7, 11) is 0. The van der Waals surface area contributed by atoms with Crippen LogP contribution < -0.4 is 21.7 Å². The molecule has 1 saturated heterocycles. The van der Waals surface area contributed by atoms with E-state index in [1.165, 1.54) is 0 Å². The van der Waals surface area contributed by atoms with E-state index in [1.54, 1.807) is 6.92 Å². The molecule has 0 amide bonds. The minimum absolute atomic E-state index is 0.273. The fourth-order valence-electron chi connectivity index (χ4n) is 1.64. The molecule has 1 fully saturated rings. The highest BCUT2D eigenvalue weighted by Crippen LogP contribution is 2.15. The van der Waals surface area contributed by atoms with E-state index < -0.39 is 6.04 Å². The average molecular weight is 315 g/mol. The van der Waals surface area contributed by atoms with Crippen molar-refractivity contribution >= 4 is 27.6 Å². The number of nitrogens with one attached hydrogen (secondary N) is 4. The van der Waals surface area contributed by atoms with E-state index in [4.69, 9.17) is 4.74 Å². The van der Waals surface area contributed by atoms with E-state index in [-0.39, 0.29) is 12.1 Å². The van der Waals surface area contributed by atoms with Crippen molar-refractivity contribution in [2.75, 3.05) is 11.9 Å². The third kappa shape index (κ3) is 3.20. The number of carbonyl (C=O) groups excluding carboxylic acids is 1. The van der Waals surface area contributed by atoms with Crippen LogP contribution in [-0.2, 0) is 9.53 Å². The number of esters is 1. The Balaban J connectivity index is 1.99. The number of ether oxygens (including phenoxy) is 1. The van der Waals surface area contributed by atoms with Crippen LogP contribution in [0.2, 0.25) is 0 Å². The number of hydrogen-bond donors (Lipinski definition) is 4. The summed E-state index contributed by atoms with van der Waals surface area (Å²) in [6.07, 6.45) is -0.273. The second kappa shape index (κ2) is 6.14. The van der Waals surface area contributed by atoms with Crippen LogP contribution in [0.15, 0.2) is 28.7 Å². The Morgan fingerprint density at radius 3 is 2.78 bits per heavy atom. The van der Waals surface area contributed by atoms with Gasteiger partial charge in [0.1, 0.15) is 6.17 Å². The van der Waals surface area contributed by atoms with Crippen LogP contribution in [0, 0.1) is 0 Å². The third-order valence-corrected chi connectivity index (χ3v) is 3.02. The highest BCUT2D eigenvalue weighted by atomic mass is 79.9. The molecule has 4 N–H and O–H groups in total. The van der Waals surface area contributed by atoms with Crippen LogP contribution in [0.1, 0.15) is 6.92 Å². The van der Waals surface area contributed by atoms with Gasteiger partial charge in [0.05, 0.1) is 6.61 Å². The van der Waals surface area contributed by atoms with Gasteiger partial charge in [-0.25, -0.2) is 10.9 Å². The van der Waals surface area contributed by atoms with Gasteiger partial charge in [-0.15, -0.1) is 0 Å². The summed E-state index contributed by atoms with van der Waals surface area (Å²) < 4.78 is 5.99. The van der Waals surface area contributed by atoms with Crippen LogP contribution in [0.5, 0.6) is 0 Å². The van der Waals surface area contributed by atoms with E-state index >= 15 is 0 Å². The molecule has 1 aromatic rings. The lowest BCUT2D eigenvalue weighted by atomic mass is 10.2. The highest BCUT2D eigenvalue weighted by Gasteiger charge is 2.33. The molecule has 0 aromatic heterocycles. The number of hydrazine groups is 2. The van der Waals surface area contributed by atoms with E-state index in [2.05, 4.69) is 37.6 Å². The maximum atomic E-state index is 11.7. The molecule has 98 valence electrons. The maximum Gasteiger partial charge on any atom is 0.328 e. The molecule has 18 heavy (non-hydrogen) atoms. The summed E-state index contributed by atoms with van der Waals surface area (Å²) in [5.74, 6) is -0.301. The van der Waals surface area contributed by atoms with Crippen LogP contribution in [0.25, 0.3) is 0 Å². The molecule has 0 spiro atoms. The number of rotatable bonds is 4. The number of benzene rings is 1. The van der Waals surface area contributed by atoms with E-state index in [0.29, 0.717) is 6.61 Å². The van der Waals surface area contributed by atoms with Crippen molar-refractivity contribution in [1.29, 1.82) is 0 Å². The Morgan fingerprint density at radius 2 is 2.11 bits per heavy atom. The number of hydrogen-bond acceptors (Lipinski definition) is 6. The Morgan fingerprint density at radius 1 is 1.39 bits per heavy atom. The van der Waals surface area contributed by atoms with Gasteiger partial charge in [-0.3, -0.25) is 4.79 Å². The summed E-state index contributed by atoms with van der Waals surface area (Å²) in [4.78, 5) is 11.7. The van der Waals surface area contributed by atoms with Gasteiger partial charge in [-0.05, 0) is 31.2 Å². The van der Waals surface area contributed by atoms with Gasteiger partial charge in [-0.2, -0.15) is 5.53 Å². The first-order valence-corrected chi connectivity index (χ1v) is 6.45. The monoisotopic (exact) mass is 314 g/mol. The van der Waals surface area contributed by atoms with Gasteiger partial charge in [0.15, 0.2) is 6.04 Å². The maximum absolute atomic E-state index is 11.7. The molecule has 2 unspecified atom stereocenters. The zero-order valence-electron chi connectivity index (χ0n) is 9.87. The smallest absolute Gasteiger partial charge is 0.328 e. The Kier molecular flexibility index (Phi) is 4.54. The van der Waals surface area contributed by atoms with Crippen molar-refractivity contribution in [3.8, 4) is 0 Å². The van der Waals surface area contributed by atoms with Crippen LogP contribution in [0.4, 0.5) is 5.69 Å². The fraction of sp³-hybridized carbons (Fsp3) is 0.364. The van der Waals surface area contributed by atoms with Crippen LogP contribution in [0.3, 0.4) is 0 Å². The molecule has 2 atom stereocenters. The number of halogens is 1. The molecule has 1 heterocycles. The van der Waals surface area contributed by atoms with Crippen molar-refractivity contribution < 1.29 is 9.53 Å². The van der Waals surface area contributed by atoms with Crippen molar-refractivity contribution in [1.82, 2.24) is 16.4 Å². The molecule has 1 aliphatic rings. The summed E-state index contributed by atoms with van der Waals surface area (Å²) in [6.45, 7) is 2.15. The molecule has 0 aliphatic carbocycles. The first-order valence-electron chi connectivity index (χ1n) is 5.65. The second-order valence-corrected chi connectivity index (χ2v) is 4.69. The largest absolute Gasteiger partial charge is 0.465 e. The molecule has 0 bridgehead atoms. The average Bonchev–Trinajstić information content (AvgIpc) is 2.81. The first kappa shape index (κ1) is 13.3. The van der Waals surface area contributed by atoms with Gasteiger partial charge in [0, 0.05) is 10.2 Å². The Hall–Kier alpha value is -1.15. The topological polar surface area (TPSA) is 74.4 Å². The zero-order chi connectivity index (χ0) is 13.0. The van der Waals surface area contributed by atoms with Gasteiger partial charge in [0.2, 0.25) is 0 Å². The predicted molar refractivity (Wildman–Crippen MR) is 71.4 cm³/mol. The standard InChI is InChI=1S/C11H15BrN4O2/c1-2-18-11(17)9-10(15-16-14-9)13-8-5-3-7(12)4-6-8/h3-6,9-10,13-16H,2H2,1H3. The molecule has 1 aromatic carbocycles. The lowest BCUT2D eigenvalue weighted by molar-refractivity contribution is -0.145. The second-order valence-electron chi connectivity index (χ2n) is 3.77. The molecule has 7 heteroatoms. The highest BCUT2D eigenvalue weighted by molar-refractivity contribution is 9.10. The lowest BCUT2D eigenvalue weighted by Gasteiger charge is -2.18. The quantitative estimate of drug-likeness (QED) is 0.614. The SMILES string of the molecule is CCOC(=O)C1NNNC1Nc1ccc(Br)cc1. The molecular formula is C11H15BrN4O2. The molecular weight excluding hydrogens is 300 g/mol. The Labute approximate surface area is 114 Å². The minimum atomic E-state index is -0.478. The van der Waals surface area contributed by atoms with Gasteiger partial charge < -0.3 is 10.1 Å². The fourth-order valence-corrected chi connectivity index (χ4v) is 1.90. The van der Waals surface area contributed by atoms with Gasteiger partial charge in [0.25, 0.3) is 0 Å². The van der Waals surface area contributed by atoms with Crippen molar-refractivity contribution in [3.05, 3.63) is 28.7 Å². The predicted octanol–water partition coefficient (Wildman–Crippen LogP) is 0.731. The lowest BCUT2D eigenvalue weighted by Crippen LogP contribution is -2.46. The molecule has 6 nitrogen and oxygen atoms in total. The van der Waals surface area contributed by atoms with Crippen LogP contribution >= 0.6 is 15.9 Å². The summed E-state index contributed by atoms with van der Waals surface area (Å²) in [5, 5.41) is 3.20. The van der Waals surface area contributed by atoms with Crippen molar-refractivity contribution in [2.24, 2.45) is 0 Å². The van der Waals surface area contributed by atoms with Gasteiger partial charge in [-0.1, -0.05) is 15.9 Å². The normalized spacial score (nSPS) is 22.8. The van der Waals surface area contributed by atoms with E-state index in [9.17, 15) is 4.79 Å². The number of anilines is 1. The van der Waals surface area contributed by atoms with Gasteiger partial charge >= 0.3 is 5.97 Å². The first-order chi connectivity index (χ1) is 8.70. The van der Waals surface area contributed by atoms with E-state index in [1.807, 2.05) is 24.3 Å². The molecule has 2 rings (SSSR count). The van der Waals surface area contributed by atoms with E-state index in [0.717, 1.165) is 10.2 Å². The zero-order valence-corrected chi connectivity index (χ0v) is 11.5. The van der Waals surface area contributed by atoms with Crippen molar-refractivity contribution in [3.63, 3.8) is 0 Å².